The number of nitrogens with one attached hydrogen (secondary N) is 2. The standard InChI is InChI=1S/C15H16N2O2/c18-15-12-6-8-16-14(12)13(17-15)7-9-19-10-11-4-2-1-3-5-11/h1-6,8,13,16H,7,9-10H2,(H,17,18)/t13-/m1/s1. The predicted molar refractivity (Wildman–Crippen MR) is 71.7 cm³/mol. The van der Waals surface area contributed by atoms with Gasteiger partial charge in [0.1, 0.15) is 0 Å². The van der Waals surface area contributed by atoms with E-state index in [-0.39, 0.29) is 11.9 Å². The summed E-state index contributed by atoms with van der Waals surface area (Å²) in [6.07, 6.45) is 2.59. The molecule has 1 aromatic heterocycles. The van der Waals surface area contributed by atoms with Gasteiger partial charge in [0, 0.05) is 12.8 Å². The van der Waals surface area contributed by atoms with E-state index in [1.165, 1.54) is 5.56 Å². The van der Waals surface area contributed by atoms with E-state index in [9.17, 15) is 4.79 Å². The molecule has 0 spiro atoms. The summed E-state index contributed by atoms with van der Waals surface area (Å²) in [4.78, 5) is 14.7. The minimum absolute atomic E-state index is 0.00399. The SMILES string of the molecule is O=C1N[C@H](CCOCc2ccccc2)c2[nH]ccc21. The second-order valence-electron chi connectivity index (χ2n) is 4.66. The first-order valence-electron chi connectivity index (χ1n) is 6.44. The number of hydrogen-bond acceptors (Lipinski definition) is 2. The number of aromatic amines is 1. The van der Waals surface area contributed by atoms with Gasteiger partial charge in [-0.3, -0.25) is 4.79 Å². The number of ether oxygens (including phenoxy) is 1. The van der Waals surface area contributed by atoms with Gasteiger partial charge in [0.05, 0.1) is 23.9 Å². The number of hydrogen-bond donors (Lipinski definition) is 2. The number of carbonyl (C=O) groups excluding carboxylic acids is 1. The average molecular weight is 256 g/mol. The minimum atomic E-state index is 0.00399. The minimum Gasteiger partial charge on any atom is -0.377 e. The van der Waals surface area contributed by atoms with Gasteiger partial charge in [0.15, 0.2) is 0 Å². The first kappa shape index (κ1) is 12.0. The number of benzene rings is 1. The largest absolute Gasteiger partial charge is 0.377 e. The van der Waals surface area contributed by atoms with Crippen LogP contribution < -0.4 is 5.32 Å². The van der Waals surface area contributed by atoms with E-state index in [4.69, 9.17) is 4.74 Å². The zero-order valence-corrected chi connectivity index (χ0v) is 10.6. The van der Waals surface area contributed by atoms with E-state index in [0.29, 0.717) is 13.2 Å². The maximum Gasteiger partial charge on any atom is 0.253 e. The van der Waals surface area contributed by atoms with Gasteiger partial charge >= 0.3 is 0 Å². The fourth-order valence-electron chi connectivity index (χ4n) is 2.36. The molecular formula is C15H16N2O2. The average Bonchev–Trinajstić information content (AvgIpc) is 3.01. The number of carbonyl (C=O) groups is 1. The van der Waals surface area contributed by atoms with E-state index in [2.05, 4.69) is 10.3 Å². The molecule has 0 radical (unpaired) electrons. The maximum absolute atomic E-state index is 11.6. The van der Waals surface area contributed by atoms with Crippen molar-refractivity contribution in [2.45, 2.75) is 19.1 Å². The van der Waals surface area contributed by atoms with Gasteiger partial charge in [-0.2, -0.15) is 0 Å². The molecule has 4 heteroatoms. The van der Waals surface area contributed by atoms with Crippen LogP contribution in [0.2, 0.25) is 0 Å². The van der Waals surface area contributed by atoms with E-state index in [1.54, 1.807) is 6.20 Å². The molecule has 2 heterocycles. The predicted octanol–water partition coefficient (Wildman–Crippen LogP) is 2.41. The molecule has 0 saturated carbocycles. The Bertz CT molecular complexity index is 563. The lowest BCUT2D eigenvalue weighted by Crippen LogP contribution is -2.20. The maximum atomic E-state index is 11.6. The Balaban J connectivity index is 1.48. The van der Waals surface area contributed by atoms with Gasteiger partial charge in [-0.25, -0.2) is 0 Å². The molecular weight excluding hydrogens is 240 g/mol. The summed E-state index contributed by atoms with van der Waals surface area (Å²) in [7, 11) is 0. The second-order valence-corrected chi connectivity index (χ2v) is 4.66. The van der Waals surface area contributed by atoms with Crippen molar-refractivity contribution in [2.24, 2.45) is 0 Å². The molecule has 0 fully saturated rings. The van der Waals surface area contributed by atoms with Crippen LogP contribution in [0.5, 0.6) is 0 Å². The van der Waals surface area contributed by atoms with Gasteiger partial charge < -0.3 is 15.0 Å². The molecule has 0 unspecified atom stereocenters. The van der Waals surface area contributed by atoms with Crippen molar-refractivity contribution in [1.29, 1.82) is 0 Å². The van der Waals surface area contributed by atoms with Crippen LogP contribution in [-0.4, -0.2) is 17.5 Å². The van der Waals surface area contributed by atoms with Crippen molar-refractivity contribution in [1.82, 2.24) is 10.3 Å². The Morgan fingerprint density at radius 1 is 1.16 bits per heavy atom. The number of rotatable bonds is 5. The van der Waals surface area contributed by atoms with Crippen LogP contribution >= 0.6 is 0 Å². The van der Waals surface area contributed by atoms with E-state index in [1.807, 2.05) is 36.4 Å². The molecule has 4 nitrogen and oxygen atoms in total. The monoisotopic (exact) mass is 256 g/mol. The Hall–Kier alpha value is -2.07. The topological polar surface area (TPSA) is 54.1 Å². The van der Waals surface area contributed by atoms with Crippen molar-refractivity contribution in [3.8, 4) is 0 Å². The zero-order chi connectivity index (χ0) is 13.1. The third kappa shape index (κ3) is 2.53. The van der Waals surface area contributed by atoms with Crippen molar-refractivity contribution in [3.05, 3.63) is 59.4 Å². The third-order valence-electron chi connectivity index (χ3n) is 3.34. The molecule has 0 bridgehead atoms. The highest BCUT2D eigenvalue weighted by atomic mass is 16.5. The number of amides is 1. The van der Waals surface area contributed by atoms with Crippen LogP contribution in [0.4, 0.5) is 0 Å². The van der Waals surface area contributed by atoms with Crippen LogP contribution in [0.1, 0.15) is 34.1 Å². The first-order chi connectivity index (χ1) is 9.34. The van der Waals surface area contributed by atoms with E-state index < -0.39 is 0 Å². The summed E-state index contributed by atoms with van der Waals surface area (Å²) in [5.41, 5.74) is 2.90. The highest BCUT2D eigenvalue weighted by Gasteiger charge is 2.28. The van der Waals surface area contributed by atoms with Crippen LogP contribution in [0.25, 0.3) is 0 Å². The van der Waals surface area contributed by atoms with Crippen LogP contribution in [-0.2, 0) is 11.3 Å². The normalized spacial score (nSPS) is 17.3. The zero-order valence-electron chi connectivity index (χ0n) is 10.6. The number of aromatic nitrogens is 1. The molecule has 1 aliphatic rings. The fourth-order valence-corrected chi connectivity index (χ4v) is 2.36. The summed E-state index contributed by atoms with van der Waals surface area (Å²) < 4.78 is 5.64. The molecule has 19 heavy (non-hydrogen) atoms. The summed E-state index contributed by atoms with van der Waals surface area (Å²) in [5, 5.41) is 2.95. The van der Waals surface area contributed by atoms with Crippen LogP contribution in [0.15, 0.2) is 42.6 Å². The smallest absolute Gasteiger partial charge is 0.253 e. The molecule has 1 amide bonds. The van der Waals surface area contributed by atoms with E-state index in [0.717, 1.165) is 17.7 Å². The Labute approximate surface area is 111 Å². The van der Waals surface area contributed by atoms with Crippen LogP contribution in [0, 0.1) is 0 Å². The van der Waals surface area contributed by atoms with Gasteiger partial charge in [0.2, 0.25) is 0 Å². The van der Waals surface area contributed by atoms with Gasteiger partial charge in [-0.15, -0.1) is 0 Å². The van der Waals surface area contributed by atoms with Gasteiger partial charge in [0.25, 0.3) is 5.91 Å². The highest BCUT2D eigenvalue weighted by molar-refractivity contribution is 5.98. The third-order valence-corrected chi connectivity index (χ3v) is 3.34. The Morgan fingerprint density at radius 3 is 2.84 bits per heavy atom. The Kier molecular flexibility index (Phi) is 3.33. The summed E-state index contributed by atoms with van der Waals surface area (Å²) in [6, 6.07) is 11.9. The van der Waals surface area contributed by atoms with Crippen molar-refractivity contribution >= 4 is 5.91 Å². The van der Waals surface area contributed by atoms with Crippen molar-refractivity contribution in [3.63, 3.8) is 0 Å². The first-order valence-corrected chi connectivity index (χ1v) is 6.44. The molecule has 2 N–H and O–H groups in total. The molecule has 1 aliphatic heterocycles. The van der Waals surface area contributed by atoms with Crippen LogP contribution in [0.3, 0.4) is 0 Å². The fraction of sp³-hybridized carbons (Fsp3) is 0.267. The lowest BCUT2D eigenvalue weighted by Gasteiger charge is -2.11. The molecule has 3 rings (SSSR count). The highest BCUT2D eigenvalue weighted by Crippen LogP contribution is 2.26. The second kappa shape index (κ2) is 5.28. The summed E-state index contributed by atoms with van der Waals surface area (Å²) >= 11 is 0. The lowest BCUT2D eigenvalue weighted by atomic mass is 10.1. The van der Waals surface area contributed by atoms with E-state index >= 15 is 0 Å². The van der Waals surface area contributed by atoms with Crippen molar-refractivity contribution < 1.29 is 9.53 Å². The molecule has 1 aromatic carbocycles. The molecule has 1 atom stereocenters. The number of fused-ring (bicyclic) bond motifs is 1. The van der Waals surface area contributed by atoms with Crippen molar-refractivity contribution in [2.75, 3.05) is 6.61 Å². The summed E-state index contributed by atoms with van der Waals surface area (Å²) in [6.45, 7) is 1.23. The molecule has 0 aliphatic carbocycles. The van der Waals surface area contributed by atoms with Gasteiger partial charge in [-0.05, 0) is 18.1 Å². The molecule has 2 aromatic rings. The molecule has 98 valence electrons. The quantitative estimate of drug-likeness (QED) is 0.807. The number of H-pyrrole nitrogens is 1. The Morgan fingerprint density at radius 2 is 2.00 bits per heavy atom. The molecule has 0 saturated heterocycles. The van der Waals surface area contributed by atoms with Gasteiger partial charge in [-0.1, -0.05) is 30.3 Å². The summed E-state index contributed by atoms with van der Waals surface area (Å²) in [5.74, 6) is 0.00399. The lowest BCUT2D eigenvalue weighted by molar-refractivity contribution is 0.0922.